The molecule has 0 spiro atoms. The number of fused-ring (bicyclic) bond motifs is 5. The minimum Gasteiger partial charge on any atom is -0.481 e. The van der Waals surface area contributed by atoms with Gasteiger partial charge in [0.15, 0.2) is 0 Å². The van der Waals surface area contributed by atoms with Crippen LogP contribution in [0.25, 0.3) is 0 Å². The van der Waals surface area contributed by atoms with Gasteiger partial charge in [0.1, 0.15) is 0 Å². The van der Waals surface area contributed by atoms with Gasteiger partial charge in [0.2, 0.25) is 0 Å². The summed E-state index contributed by atoms with van der Waals surface area (Å²) < 4.78 is 0. The number of carboxylic acid groups (broad SMARTS) is 1. The van der Waals surface area contributed by atoms with Crippen LogP contribution >= 0.6 is 0 Å². The lowest BCUT2D eigenvalue weighted by atomic mass is 9.44. The zero-order valence-electron chi connectivity index (χ0n) is 19.4. The molecule has 4 fully saturated rings. The molecule has 3 nitrogen and oxygen atoms in total. The Hall–Kier alpha value is -0.570. The number of carboxylic acids is 1. The van der Waals surface area contributed by atoms with Crippen molar-refractivity contribution in [2.45, 2.75) is 104 Å². The molecule has 2 N–H and O–H groups in total. The molecular weight excluding hydrogens is 358 g/mol. The molecule has 0 saturated heterocycles. The Morgan fingerprint density at radius 1 is 1.03 bits per heavy atom. The van der Waals surface area contributed by atoms with E-state index in [4.69, 9.17) is 5.11 Å². The lowest BCUT2D eigenvalue weighted by Crippen LogP contribution is -2.55. The summed E-state index contributed by atoms with van der Waals surface area (Å²) in [6.45, 7) is 11.0. The molecule has 3 heteroatoms. The van der Waals surface area contributed by atoms with Crippen LogP contribution in [0.5, 0.6) is 0 Å². The molecule has 4 aliphatic carbocycles. The highest BCUT2D eigenvalue weighted by molar-refractivity contribution is 5.66. The molecule has 0 heterocycles. The van der Waals surface area contributed by atoms with E-state index in [0.29, 0.717) is 23.2 Å². The average Bonchev–Trinajstić information content (AvgIpc) is 3.04. The van der Waals surface area contributed by atoms with Crippen LogP contribution in [0.3, 0.4) is 0 Å². The van der Waals surface area contributed by atoms with E-state index in [2.05, 4.69) is 33.0 Å². The first-order chi connectivity index (χ1) is 13.8. The van der Waals surface area contributed by atoms with Crippen molar-refractivity contribution >= 4 is 5.97 Å². The van der Waals surface area contributed by atoms with Gasteiger partial charge in [-0.3, -0.25) is 4.79 Å². The van der Waals surface area contributed by atoms with Crippen molar-refractivity contribution in [1.29, 1.82) is 0 Å². The maximum Gasteiger partial charge on any atom is 0.303 e. The van der Waals surface area contributed by atoms with Crippen LogP contribution in [0.2, 0.25) is 0 Å². The van der Waals surface area contributed by atoms with Gasteiger partial charge in [-0.05, 0) is 117 Å². The van der Waals surface area contributed by atoms with Crippen LogP contribution in [0, 0.1) is 46.3 Å². The molecule has 4 aliphatic rings. The molecule has 166 valence electrons. The van der Waals surface area contributed by atoms with Gasteiger partial charge in [0, 0.05) is 12.5 Å². The van der Waals surface area contributed by atoms with Crippen molar-refractivity contribution in [3.05, 3.63) is 0 Å². The monoisotopic (exact) mass is 403 g/mol. The van der Waals surface area contributed by atoms with Crippen molar-refractivity contribution in [2.24, 2.45) is 46.3 Å². The second kappa shape index (κ2) is 8.17. The topological polar surface area (TPSA) is 49.3 Å². The van der Waals surface area contributed by atoms with Crippen molar-refractivity contribution in [2.75, 3.05) is 6.54 Å². The molecule has 0 bridgehead atoms. The molecule has 4 saturated carbocycles. The Labute approximate surface area is 178 Å². The van der Waals surface area contributed by atoms with Crippen LogP contribution in [0.1, 0.15) is 98.3 Å². The molecule has 0 aromatic heterocycles. The van der Waals surface area contributed by atoms with Gasteiger partial charge in [-0.25, -0.2) is 0 Å². The zero-order valence-corrected chi connectivity index (χ0v) is 19.4. The summed E-state index contributed by atoms with van der Waals surface area (Å²) in [4.78, 5) is 11.1. The van der Waals surface area contributed by atoms with Gasteiger partial charge in [0.25, 0.3) is 0 Å². The number of carbonyl (C=O) groups is 1. The van der Waals surface area contributed by atoms with E-state index in [-0.39, 0.29) is 0 Å². The molecule has 29 heavy (non-hydrogen) atoms. The fourth-order valence-electron chi connectivity index (χ4n) is 9.26. The second-order valence-corrected chi connectivity index (χ2v) is 11.8. The average molecular weight is 404 g/mol. The normalized spacial score (nSPS) is 47.7. The number of aliphatic carboxylic acids is 1. The molecule has 4 rings (SSSR count). The third kappa shape index (κ3) is 3.68. The largest absolute Gasteiger partial charge is 0.481 e. The van der Waals surface area contributed by atoms with E-state index in [0.717, 1.165) is 48.6 Å². The molecule has 0 aromatic carbocycles. The van der Waals surface area contributed by atoms with Gasteiger partial charge in [-0.2, -0.15) is 0 Å². The van der Waals surface area contributed by atoms with E-state index in [1.54, 1.807) is 0 Å². The molecule has 0 amide bonds. The van der Waals surface area contributed by atoms with E-state index in [9.17, 15) is 4.79 Å². The minimum absolute atomic E-state index is 0.344. The minimum atomic E-state index is -0.625. The Kier molecular flexibility index (Phi) is 6.10. The van der Waals surface area contributed by atoms with Gasteiger partial charge in [-0.1, -0.05) is 27.7 Å². The summed E-state index contributed by atoms with van der Waals surface area (Å²) in [6.07, 6.45) is 13.9. The molecule has 0 aromatic rings. The molecule has 9 atom stereocenters. The standard InChI is InChI=1S/C26H45NO2/c1-5-27-19-12-14-25(3)18(16-19)7-8-20-22-10-9-21(17(2)6-11-24(28)29)26(22,4)15-13-23(20)25/h17-23,27H,5-16H2,1-4H3,(H,28,29)/t17-,18-,19?,20+,21-,22+,23+,25+,26-/m1/s1. The maximum absolute atomic E-state index is 11.1. The first-order valence-corrected chi connectivity index (χ1v) is 12.7. The summed E-state index contributed by atoms with van der Waals surface area (Å²) >= 11 is 0. The van der Waals surface area contributed by atoms with Crippen molar-refractivity contribution < 1.29 is 9.90 Å². The van der Waals surface area contributed by atoms with Gasteiger partial charge in [0.05, 0.1) is 0 Å². The first-order valence-electron chi connectivity index (χ1n) is 12.7. The van der Waals surface area contributed by atoms with Crippen LogP contribution < -0.4 is 5.32 Å². The SMILES string of the molecule is CCNC1CC[C@@]2(C)[C@H](CC[C@@H]3[C@@H]2CC[C@]2(C)[C@@H]([C@H](C)CCC(=O)O)CC[C@@H]32)C1. The van der Waals surface area contributed by atoms with Crippen LogP contribution in [0.15, 0.2) is 0 Å². The van der Waals surface area contributed by atoms with E-state index in [1.807, 2.05) is 0 Å². The summed E-state index contributed by atoms with van der Waals surface area (Å²) in [6, 6.07) is 0.759. The fraction of sp³-hybridized carbons (Fsp3) is 0.962. The highest BCUT2D eigenvalue weighted by atomic mass is 16.4. The second-order valence-electron chi connectivity index (χ2n) is 11.8. The Bertz CT molecular complexity index is 606. The third-order valence-corrected chi connectivity index (χ3v) is 10.7. The van der Waals surface area contributed by atoms with Gasteiger partial charge < -0.3 is 10.4 Å². The Balaban J connectivity index is 1.47. The highest BCUT2D eigenvalue weighted by Gasteiger charge is 2.60. The van der Waals surface area contributed by atoms with Crippen LogP contribution in [-0.4, -0.2) is 23.7 Å². The summed E-state index contributed by atoms with van der Waals surface area (Å²) in [5, 5.41) is 12.9. The summed E-state index contributed by atoms with van der Waals surface area (Å²) in [5.74, 6) is 4.36. The predicted molar refractivity (Wildman–Crippen MR) is 119 cm³/mol. The highest BCUT2D eigenvalue weighted by Crippen LogP contribution is 2.68. The predicted octanol–water partition coefficient (Wildman–Crippen LogP) is 6.12. The number of nitrogens with one attached hydrogen (secondary N) is 1. The summed E-state index contributed by atoms with van der Waals surface area (Å²) in [5.41, 5.74) is 1.03. The molecule has 0 aliphatic heterocycles. The molecular formula is C26H45NO2. The van der Waals surface area contributed by atoms with E-state index < -0.39 is 5.97 Å². The van der Waals surface area contributed by atoms with Crippen LogP contribution in [0.4, 0.5) is 0 Å². The van der Waals surface area contributed by atoms with E-state index in [1.165, 1.54) is 57.8 Å². The Morgan fingerprint density at radius 2 is 1.76 bits per heavy atom. The third-order valence-electron chi connectivity index (χ3n) is 10.7. The number of hydrogen-bond donors (Lipinski definition) is 2. The van der Waals surface area contributed by atoms with Crippen molar-refractivity contribution in [1.82, 2.24) is 5.32 Å². The Morgan fingerprint density at radius 3 is 2.48 bits per heavy atom. The van der Waals surface area contributed by atoms with Gasteiger partial charge >= 0.3 is 5.97 Å². The smallest absolute Gasteiger partial charge is 0.303 e. The summed E-state index contributed by atoms with van der Waals surface area (Å²) in [7, 11) is 0. The number of rotatable bonds is 6. The van der Waals surface area contributed by atoms with Crippen LogP contribution in [-0.2, 0) is 4.79 Å². The fourth-order valence-corrected chi connectivity index (χ4v) is 9.26. The van der Waals surface area contributed by atoms with Crippen molar-refractivity contribution in [3.63, 3.8) is 0 Å². The maximum atomic E-state index is 11.1. The quantitative estimate of drug-likeness (QED) is 0.561. The van der Waals surface area contributed by atoms with Crippen molar-refractivity contribution in [3.8, 4) is 0 Å². The lowest BCUT2D eigenvalue weighted by Gasteiger charge is -2.61. The number of hydrogen-bond acceptors (Lipinski definition) is 2. The zero-order chi connectivity index (χ0) is 20.8. The molecule has 0 radical (unpaired) electrons. The van der Waals surface area contributed by atoms with Gasteiger partial charge in [-0.15, -0.1) is 0 Å². The lowest BCUT2D eigenvalue weighted by molar-refractivity contribution is -0.137. The molecule has 1 unspecified atom stereocenters. The van der Waals surface area contributed by atoms with E-state index >= 15 is 0 Å². The first kappa shape index (κ1) is 21.7.